The Hall–Kier alpha value is -5.39. The molecule has 0 spiro atoms. The molecule has 4 N–H and O–H groups in total. The fraction of sp³-hybridized carbons (Fsp3) is 0.379. The van der Waals surface area contributed by atoms with Crippen molar-refractivity contribution in [2.24, 2.45) is 0 Å². The lowest BCUT2D eigenvalue weighted by Crippen LogP contribution is -2.45. The van der Waals surface area contributed by atoms with E-state index in [0.717, 1.165) is 0 Å². The molecular weight excluding hydrogens is 636 g/mol. The minimum absolute atomic E-state index is 0.00357. The predicted octanol–water partition coefficient (Wildman–Crippen LogP) is 1.74. The highest BCUT2D eigenvalue weighted by atomic mass is 32.2. The number of amides is 2. The second-order valence-corrected chi connectivity index (χ2v) is 11.7. The largest absolute Gasteiger partial charge is 0.497 e. The quantitative estimate of drug-likeness (QED) is 0.0544. The molecule has 2 atom stereocenters. The molecule has 0 radical (unpaired) electrons. The molecule has 2 amide bonds. The average Bonchev–Trinajstić information content (AvgIpc) is 3.72. The number of ether oxygens (including phenoxy) is 2. The van der Waals surface area contributed by atoms with Gasteiger partial charge in [-0.3, -0.25) is 18.8 Å². The van der Waals surface area contributed by atoms with Crippen molar-refractivity contribution < 1.29 is 38.0 Å². The van der Waals surface area contributed by atoms with Crippen LogP contribution in [0, 0.1) is 24.0 Å². The number of aromatic amines is 2. The third kappa shape index (κ3) is 9.80. The highest BCUT2D eigenvalue weighted by molar-refractivity contribution is 7.84. The molecule has 3 aromatic heterocycles. The zero-order valence-corrected chi connectivity index (χ0v) is 26.7. The molecule has 0 aliphatic carbocycles. The summed E-state index contributed by atoms with van der Waals surface area (Å²) in [7, 11) is -0.0544. The molecule has 3 heterocycles. The molecule has 4 aromatic rings. The van der Waals surface area contributed by atoms with Gasteiger partial charge in [-0.05, 0) is 32.4 Å². The van der Waals surface area contributed by atoms with Crippen molar-refractivity contribution in [1.82, 2.24) is 35.6 Å². The number of aromatic nitrogens is 5. The maximum absolute atomic E-state index is 13.5. The SMILES string of the molecule is COc1ccc2nc(S(=O)Cc3ncc(C)c(OC(=O)C(Cc4cnc[nH]4)NC(=O)CCNC(=O)CCCO[N+](=O)[O-])c3C)[nH]c2c1. The Morgan fingerprint density at radius 1 is 1.15 bits per heavy atom. The summed E-state index contributed by atoms with van der Waals surface area (Å²) in [5.41, 5.74) is 3.36. The average molecular weight is 671 g/mol. The van der Waals surface area contributed by atoms with Crippen molar-refractivity contribution in [3.63, 3.8) is 0 Å². The van der Waals surface area contributed by atoms with Crippen molar-refractivity contribution in [2.75, 3.05) is 20.3 Å². The smallest absolute Gasteiger partial charge is 0.334 e. The van der Waals surface area contributed by atoms with Crippen LogP contribution in [0.1, 0.15) is 41.8 Å². The lowest BCUT2D eigenvalue weighted by atomic mass is 10.1. The number of nitrogens with zero attached hydrogens (tertiary/aromatic N) is 4. The van der Waals surface area contributed by atoms with Crippen LogP contribution in [0.5, 0.6) is 11.5 Å². The van der Waals surface area contributed by atoms with E-state index in [2.05, 4.69) is 40.4 Å². The minimum Gasteiger partial charge on any atom is -0.497 e. The van der Waals surface area contributed by atoms with Gasteiger partial charge in [0.1, 0.15) is 17.5 Å². The van der Waals surface area contributed by atoms with Crippen LogP contribution < -0.4 is 20.1 Å². The number of carbonyl (C=O) groups excluding carboxylic acids is 3. The predicted molar refractivity (Wildman–Crippen MR) is 166 cm³/mol. The minimum atomic E-state index is -1.61. The summed E-state index contributed by atoms with van der Waals surface area (Å²) in [5.74, 6) is -0.825. The van der Waals surface area contributed by atoms with Crippen molar-refractivity contribution >= 4 is 39.6 Å². The number of esters is 1. The standard InChI is InChI=1S/C29H34N8O9S/c1-17-13-32-24(15-47(43)29-35-21-7-6-20(44-3)12-22(21)36-29)18(2)27(17)46-28(40)23(11-19-14-30-16-33-19)34-26(39)8-9-31-25(38)5-4-10-45-37(41)42/h6-7,12-14,16,23H,4-5,8-11,15H2,1-3H3,(H,30,33)(H,31,38)(H,34,39)(H,35,36). The van der Waals surface area contributed by atoms with Gasteiger partial charge >= 0.3 is 5.97 Å². The van der Waals surface area contributed by atoms with Gasteiger partial charge in [0.25, 0.3) is 5.09 Å². The van der Waals surface area contributed by atoms with E-state index in [0.29, 0.717) is 39.3 Å². The van der Waals surface area contributed by atoms with E-state index in [1.54, 1.807) is 39.2 Å². The second kappa shape index (κ2) is 16.3. The number of imidazole rings is 2. The second-order valence-electron chi connectivity index (χ2n) is 10.3. The summed E-state index contributed by atoms with van der Waals surface area (Å²) in [6, 6.07) is 4.15. The van der Waals surface area contributed by atoms with E-state index in [4.69, 9.17) is 9.47 Å². The van der Waals surface area contributed by atoms with Crippen molar-refractivity contribution in [3.8, 4) is 11.5 Å². The summed E-state index contributed by atoms with van der Waals surface area (Å²) in [6.45, 7) is 3.18. The molecule has 0 aliphatic rings. The molecule has 0 saturated carbocycles. The Kier molecular flexibility index (Phi) is 11.9. The molecule has 4 rings (SSSR count). The number of carbonyl (C=O) groups is 3. The van der Waals surface area contributed by atoms with Gasteiger partial charge in [0.05, 0.1) is 53.3 Å². The number of H-pyrrole nitrogens is 2. The first kappa shape index (κ1) is 34.5. The number of pyridine rings is 1. The third-order valence-electron chi connectivity index (χ3n) is 6.92. The van der Waals surface area contributed by atoms with Gasteiger partial charge in [-0.15, -0.1) is 10.1 Å². The van der Waals surface area contributed by atoms with Gasteiger partial charge < -0.3 is 34.9 Å². The summed E-state index contributed by atoms with van der Waals surface area (Å²) >= 11 is 0. The van der Waals surface area contributed by atoms with Crippen LogP contribution >= 0.6 is 0 Å². The molecule has 0 bridgehead atoms. The van der Waals surface area contributed by atoms with Crippen LogP contribution in [0.4, 0.5) is 0 Å². The van der Waals surface area contributed by atoms with Gasteiger partial charge in [-0.1, -0.05) is 0 Å². The molecule has 17 nitrogen and oxygen atoms in total. The highest BCUT2D eigenvalue weighted by Crippen LogP contribution is 2.27. The van der Waals surface area contributed by atoms with E-state index in [1.807, 2.05) is 0 Å². The molecule has 47 heavy (non-hydrogen) atoms. The number of methoxy groups -OCH3 is 1. The van der Waals surface area contributed by atoms with E-state index >= 15 is 0 Å². The van der Waals surface area contributed by atoms with E-state index in [1.165, 1.54) is 18.7 Å². The third-order valence-corrected chi connectivity index (χ3v) is 8.08. The fourth-order valence-corrected chi connectivity index (χ4v) is 5.58. The number of nitrogens with one attached hydrogen (secondary N) is 4. The zero-order chi connectivity index (χ0) is 33.9. The molecule has 0 aliphatic heterocycles. The first-order valence-corrected chi connectivity index (χ1v) is 15.8. The molecule has 18 heteroatoms. The Labute approximate surface area is 270 Å². The Bertz CT molecular complexity index is 1760. The first-order valence-electron chi connectivity index (χ1n) is 14.4. The van der Waals surface area contributed by atoms with Crippen molar-refractivity contribution in [2.45, 2.75) is 56.5 Å². The number of benzene rings is 1. The van der Waals surface area contributed by atoms with Crippen LogP contribution in [0.15, 0.2) is 42.1 Å². The molecular formula is C29H34N8O9S. The normalized spacial score (nSPS) is 12.2. The van der Waals surface area contributed by atoms with Crippen LogP contribution in [0.3, 0.4) is 0 Å². The van der Waals surface area contributed by atoms with E-state index in [9.17, 15) is 28.7 Å². The summed E-state index contributed by atoms with van der Waals surface area (Å²) in [5, 5.41) is 14.7. The molecule has 0 saturated heterocycles. The topological polar surface area (TPSA) is 233 Å². The number of aryl methyl sites for hydroxylation is 1. The van der Waals surface area contributed by atoms with Crippen molar-refractivity contribution in [1.29, 1.82) is 0 Å². The Morgan fingerprint density at radius 2 is 1.96 bits per heavy atom. The molecule has 250 valence electrons. The maximum Gasteiger partial charge on any atom is 0.334 e. The summed E-state index contributed by atoms with van der Waals surface area (Å²) in [4.78, 5) is 71.2. The van der Waals surface area contributed by atoms with Crippen LogP contribution in [-0.4, -0.2) is 78.3 Å². The molecule has 0 fully saturated rings. The number of fused-ring (bicyclic) bond motifs is 1. The lowest BCUT2D eigenvalue weighted by Gasteiger charge is -2.19. The van der Waals surface area contributed by atoms with Gasteiger partial charge in [0.15, 0.2) is 5.16 Å². The Morgan fingerprint density at radius 3 is 2.68 bits per heavy atom. The molecule has 2 unspecified atom stereocenters. The monoisotopic (exact) mass is 670 g/mol. The van der Waals surface area contributed by atoms with E-state index < -0.39 is 39.7 Å². The van der Waals surface area contributed by atoms with Gasteiger partial charge in [0, 0.05) is 61.1 Å². The Balaban J connectivity index is 1.40. The molecule has 1 aromatic carbocycles. The first-order chi connectivity index (χ1) is 22.5. The zero-order valence-electron chi connectivity index (χ0n) is 25.9. The number of hydrogen-bond donors (Lipinski definition) is 4. The fourth-order valence-electron chi connectivity index (χ4n) is 4.48. The van der Waals surface area contributed by atoms with Crippen molar-refractivity contribution in [3.05, 3.63) is 69.5 Å². The van der Waals surface area contributed by atoms with Gasteiger partial charge in [-0.2, -0.15) is 0 Å². The number of rotatable bonds is 17. The van der Waals surface area contributed by atoms with Crippen LogP contribution in [0.2, 0.25) is 0 Å². The van der Waals surface area contributed by atoms with E-state index in [-0.39, 0.29) is 55.5 Å². The van der Waals surface area contributed by atoms with Gasteiger partial charge in [0.2, 0.25) is 11.8 Å². The number of hydrogen-bond acceptors (Lipinski definition) is 12. The van der Waals surface area contributed by atoms with Crippen LogP contribution in [0.25, 0.3) is 11.0 Å². The lowest BCUT2D eigenvalue weighted by molar-refractivity contribution is -0.757. The maximum atomic E-state index is 13.5. The highest BCUT2D eigenvalue weighted by Gasteiger charge is 2.26. The van der Waals surface area contributed by atoms with Gasteiger partial charge in [-0.25, -0.2) is 14.8 Å². The summed E-state index contributed by atoms with van der Waals surface area (Å²) < 4.78 is 24.3. The van der Waals surface area contributed by atoms with Crippen LogP contribution in [-0.2, 0) is 42.2 Å². The summed E-state index contributed by atoms with van der Waals surface area (Å²) in [6.07, 6.45) is 4.50.